The van der Waals surface area contributed by atoms with Gasteiger partial charge in [-0.1, -0.05) is 20.3 Å². The number of nitrogens with one attached hydrogen (secondary N) is 1. The standard InChI is InChI=1S/C11H20N2O4/c1-3-7(2)8(9(14)15)13-10(16)11(12)4-5-17-6-11/h7-8H,3-6,12H2,1-2H3,(H,13,16)(H,14,15)/t7?,8-,11?/m0/s1. The molecule has 0 radical (unpaired) electrons. The first-order valence-electron chi connectivity index (χ1n) is 5.81. The topological polar surface area (TPSA) is 102 Å². The summed E-state index contributed by atoms with van der Waals surface area (Å²) in [5.74, 6) is -1.61. The van der Waals surface area contributed by atoms with Crippen LogP contribution < -0.4 is 11.1 Å². The van der Waals surface area contributed by atoms with Crippen molar-refractivity contribution < 1.29 is 19.4 Å². The van der Waals surface area contributed by atoms with Crippen LogP contribution in [-0.2, 0) is 14.3 Å². The van der Waals surface area contributed by atoms with E-state index in [0.717, 1.165) is 0 Å². The number of hydrogen-bond donors (Lipinski definition) is 3. The lowest BCUT2D eigenvalue weighted by molar-refractivity contribution is -0.144. The molecule has 3 atom stereocenters. The number of amides is 1. The van der Waals surface area contributed by atoms with E-state index in [1.54, 1.807) is 6.92 Å². The molecule has 2 unspecified atom stereocenters. The minimum absolute atomic E-state index is 0.137. The Balaban J connectivity index is 2.67. The average Bonchev–Trinajstić information content (AvgIpc) is 2.72. The fraction of sp³-hybridized carbons (Fsp3) is 0.818. The molecule has 0 spiro atoms. The van der Waals surface area contributed by atoms with Gasteiger partial charge in [-0.15, -0.1) is 0 Å². The normalized spacial score (nSPS) is 27.5. The van der Waals surface area contributed by atoms with Gasteiger partial charge in [0.1, 0.15) is 11.6 Å². The fourth-order valence-corrected chi connectivity index (χ4v) is 1.73. The minimum atomic E-state index is -1.08. The summed E-state index contributed by atoms with van der Waals surface area (Å²) in [5.41, 5.74) is 4.78. The monoisotopic (exact) mass is 244 g/mol. The van der Waals surface area contributed by atoms with Crippen molar-refractivity contribution in [1.82, 2.24) is 5.32 Å². The first-order chi connectivity index (χ1) is 7.90. The van der Waals surface area contributed by atoms with Gasteiger partial charge < -0.3 is 20.9 Å². The van der Waals surface area contributed by atoms with E-state index >= 15 is 0 Å². The first-order valence-corrected chi connectivity index (χ1v) is 5.81. The fourth-order valence-electron chi connectivity index (χ4n) is 1.73. The zero-order chi connectivity index (χ0) is 13.1. The minimum Gasteiger partial charge on any atom is -0.480 e. The number of rotatable bonds is 5. The van der Waals surface area contributed by atoms with Crippen molar-refractivity contribution in [1.29, 1.82) is 0 Å². The summed E-state index contributed by atoms with van der Waals surface area (Å²) < 4.78 is 5.08. The van der Waals surface area contributed by atoms with Crippen LogP contribution in [0.3, 0.4) is 0 Å². The lowest BCUT2D eigenvalue weighted by Crippen LogP contribution is -2.59. The molecule has 6 heteroatoms. The van der Waals surface area contributed by atoms with Crippen molar-refractivity contribution in [3.8, 4) is 0 Å². The van der Waals surface area contributed by atoms with Crippen LogP contribution >= 0.6 is 0 Å². The molecule has 98 valence electrons. The van der Waals surface area contributed by atoms with E-state index in [0.29, 0.717) is 19.4 Å². The average molecular weight is 244 g/mol. The third-order valence-corrected chi connectivity index (χ3v) is 3.27. The van der Waals surface area contributed by atoms with Crippen LogP contribution in [0.1, 0.15) is 26.7 Å². The summed E-state index contributed by atoms with van der Waals surface area (Å²) >= 11 is 0. The summed E-state index contributed by atoms with van der Waals surface area (Å²) in [4.78, 5) is 23.0. The van der Waals surface area contributed by atoms with Gasteiger partial charge >= 0.3 is 5.97 Å². The Hall–Kier alpha value is -1.14. The second-order valence-corrected chi connectivity index (χ2v) is 4.63. The first kappa shape index (κ1) is 13.9. The number of carbonyl (C=O) groups excluding carboxylic acids is 1. The Kier molecular flexibility index (Phi) is 4.47. The lowest BCUT2D eigenvalue weighted by Gasteiger charge is -2.26. The third-order valence-electron chi connectivity index (χ3n) is 3.27. The van der Waals surface area contributed by atoms with E-state index in [9.17, 15) is 9.59 Å². The molecule has 0 aromatic heterocycles. The van der Waals surface area contributed by atoms with Gasteiger partial charge in [0.15, 0.2) is 0 Å². The molecule has 1 aliphatic rings. The molecule has 6 nitrogen and oxygen atoms in total. The molecule has 1 aliphatic heterocycles. The summed E-state index contributed by atoms with van der Waals surface area (Å²) in [6.07, 6.45) is 1.09. The molecular weight excluding hydrogens is 224 g/mol. The Morgan fingerprint density at radius 2 is 2.24 bits per heavy atom. The van der Waals surface area contributed by atoms with Gasteiger partial charge in [0.25, 0.3) is 0 Å². The number of nitrogens with two attached hydrogens (primary N) is 1. The van der Waals surface area contributed by atoms with Crippen molar-refractivity contribution >= 4 is 11.9 Å². The summed E-state index contributed by atoms with van der Waals surface area (Å²) in [6, 6.07) is -0.895. The molecule has 1 fully saturated rings. The number of ether oxygens (including phenoxy) is 1. The molecule has 0 bridgehead atoms. The second kappa shape index (κ2) is 5.46. The Labute approximate surface area is 101 Å². The molecule has 4 N–H and O–H groups in total. The molecule has 1 heterocycles. The quantitative estimate of drug-likeness (QED) is 0.617. The van der Waals surface area contributed by atoms with Crippen LogP contribution in [0.15, 0.2) is 0 Å². The number of hydrogen-bond acceptors (Lipinski definition) is 4. The predicted octanol–water partition coefficient (Wildman–Crippen LogP) is -0.280. The molecule has 1 rings (SSSR count). The smallest absolute Gasteiger partial charge is 0.326 e. The Morgan fingerprint density at radius 3 is 2.65 bits per heavy atom. The van der Waals surface area contributed by atoms with E-state index in [2.05, 4.69) is 5.32 Å². The molecule has 0 aliphatic carbocycles. The number of carbonyl (C=O) groups is 2. The number of aliphatic carboxylic acids is 1. The van der Waals surface area contributed by atoms with Crippen LogP contribution in [0.5, 0.6) is 0 Å². The van der Waals surface area contributed by atoms with Crippen molar-refractivity contribution in [2.24, 2.45) is 11.7 Å². The zero-order valence-electron chi connectivity index (χ0n) is 10.2. The van der Waals surface area contributed by atoms with Gasteiger partial charge in [0, 0.05) is 6.61 Å². The zero-order valence-corrected chi connectivity index (χ0v) is 10.2. The molecule has 17 heavy (non-hydrogen) atoms. The van der Waals surface area contributed by atoms with E-state index < -0.39 is 23.5 Å². The molecule has 1 amide bonds. The van der Waals surface area contributed by atoms with Crippen LogP contribution in [0.4, 0.5) is 0 Å². The second-order valence-electron chi connectivity index (χ2n) is 4.63. The van der Waals surface area contributed by atoms with E-state index in [4.69, 9.17) is 15.6 Å². The molecule has 0 aromatic carbocycles. The Morgan fingerprint density at radius 1 is 1.59 bits per heavy atom. The van der Waals surface area contributed by atoms with Gasteiger partial charge in [-0.2, -0.15) is 0 Å². The van der Waals surface area contributed by atoms with Crippen LogP contribution in [-0.4, -0.2) is 41.8 Å². The SMILES string of the molecule is CCC(C)[C@H](NC(=O)C1(N)CCOC1)C(=O)O. The largest absolute Gasteiger partial charge is 0.480 e. The van der Waals surface area contributed by atoms with Gasteiger partial charge in [0.2, 0.25) is 5.91 Å². The lowest BCUT2D eigenvalue weighted by atomic mass is 9.95. The van der Waals surface area contributed by atoms with Gasteiger partial charge in [-0.25, -0.2) is 4.79 Å². The summed E-state index contributed by atoms with van der Waals surface area (Å²) in [5, 5.41) is 11.6. The van der Waals surface area contributed by atoms with Crippen LogP contribution in [0.2, 0.25) is 0 Å². The highest BCUT2D eigenvalue weighted by Crippen LogP contribution is 2.17. The summed E-state index contributed by atoms with van der Waals surface area (Å²) in [6.45, 7) is 4.24. The number of carboxylic acid groups (broad SMARTS) is 1. The molecule has 0 aromatic rings. The van der Waals surface area contributed by atoms with Crippen molar-refractivity contribution in [3.05, 3.63) is 0 Å². The molecular formula is C11H20N2O4. The van der Waals surface area contributed by atoms with Gasteiger partial charge in [-0.3, -0.25) is 4.79 Å². The molecule has 1 saturated heterocycles. The maximum Gasteiger partial charge on any atom is 0.326 e. The van der Waals surface area contributed by atoms with Crippen molar-refractivity contribution in [2.75, 3.05) is 13.2 Å². The van der Waals surface area contributed by atoms with E-state index in [1.807, 2.05) is 6.92 Å². The third kappa shape index (κ3) is 3.17. The highest BCUT2D eigenvalue weighted by Gasteiger charge is 2.40. The van der Waals surface area contributed by atoms with Gasteiger partial charge in [-0.05, 0) is 12.3 Å². The number of carboxylic acids is 1. The van der Waals surface area contributed by atoms with Gasteiger partial charge in [0.05, 0.1) is 6.61 Å². The van der Waals surface area contributed by atoms with E-state index in [-0.39, 0.29) is 12.5 Å². The van der Waals surface area contributed by atoms with Crippen molar-refractivity contribution in [3.63, 3.8) is 0 Å². The van der Waals surface area contributed by atoms with Crippen LogP contribution in [0, 0.1) is 5.92 Å². The van der Waals surface area contributed by atoms with Crippen LogP contribution in [0.25, 0.3) is 0 Å². The summed E-state index contributed by atoms with van der Waals surface area (Å²) in [7, 11) is 0. The maximum atomic E-state index is 11.9. The predicted molar refractivity (Wildman–Crippen MR) is 61.4 cm³/mol. The maximum absolute atomic E-state index is 11.9. The highest BCUT2D eigenvalue weighted by molar-refractivity contribution is 5.90. The molecule has 0 saturated carbocycles. The highest BCUT2D eigenvalue weighted by atomic mass is 16.5. The van der Waals surface area contributed by atoms with Crippen molar-refractivity contribution in [2.45, 2.75) is 38.3 Å². The Bertz CT molecular complexity index is 300. The van der Waals surface area contributed by atoms with E-state index in [1.165, 1.54) is 0 Å².